The normalized spacial score (nSPS) is 12.4. The molecule has 198 valence electrons. The van der Waals surface area contributed by atoms with Crippen LogP contribution in [0.15, 0.2) is 53.4 Å². The predicted molar refractivity (Wildman–Crippen MR) is 157 cm³/mol. The zero-order chi connectivity index (χ0) is 27.2. The molecular formula is C31H39NO3S2. The molecule has 1 amide bonds. The Morgan fingerprint density at radius 1 is 1.03 bits per heavy atom. The number of hydrogen-bond donors (Lipinski definition) is 2. The van der Waals surface area contributed by atoms with E-state index in [1.807, 2.05) is 23.9 Å². The van der Waals surface area contributed by atoms with Crippen LogP contribution in [-0.2, 0) is 16.6 Å². The minimum absolute atomic E-state index is 0.0640. The molecule has 0 radical (unpaired) electrons. The van der Waals surface area contributed by atoms with Crippen LogP contribution in [0.5, 0.6) is 0 Å². The maximum atomic E-state index is 12.2. The van der Waals surface area contributed by atoms with Crippen LogP contribution in [0.4, 0.5) is 0 Å². The van der Waals surface area contributed by atoms with Crippen molar-refractivity contribution in [3.63, 3.8) is 0 Å². The van der Waals surface area contributed by atoms with Crippen LogP contribution in [0.2, 0.25) is 0 Å². The molecule has 1 heterocycles. The first-order valence-corrected chi connectivity index (χ1v) is 14.7. The van der Waals surface area contributed by atoms with E-state index < -0.39 is 5.97 Å². The number of carboxylic acid groups (broad SMARTS) is 1. The Hall–Kier alpha value is -2.57. The molecule has 4 nitrogen and oxygen atoms in total. The summed E-state index contributed by atoms with van der Waals surface area (Å²) in [5.74, 6) is 0.490. The van der Waals surface area contributed by atoms with Crippen LogP contribution in [0.1, 0.15) is 71.8 Å². The van der Waals surface area contributed by atoms with Gasteiger partial charge in [-0.1, -0.05) is 52.0 Å². The first-order valence-electron chi connectivity index (χ1n) is 12.9. The van der Waals surface area contributed by atoms with Gasteiger partial charge >= 0.3 is 5.97 Å². The van der Waals surface area contributed by atoms with E-state index >= 15 is 0 Å². The maximum absolute atomic E-state index is 12.2. The van der Waals surface area contributed by atoms with Gasteiger partial charge in [-0.15, -0.1) is 23.1 Å². The van der Waals surface area contributed by atoms with Crippen LogP contribution in [0.25, 0.3) is 11.1 Å². The lowest BCUT2D eigenvalue weighted by atomic mass is 9.85. The average Bonchev–Trinajstić information content (AvgIpc) is 3.30. The van der Waals surface area contributed by atoms with E-state index in [0.29, 0.717) is 10.8 Å². The third-order valence-corrected chi connectivity index (χ3v) is 8.92. The summed E-state index contributed by atoms with van der Waals surface area (Å²) in [7, 11) is 0. The zero-order valence-electron chi connectivity index (χ0n) is 22.8. The van der Waals surface area contributed by atoms with Gasteiger partial charge in [0.1, 0.15) is 0 Å². The van der Waals surface area contributed by atoms with E-state index in [2.05, 4.69) is 83.3 Å². The number of hydrogen-bond acceptors (Lipinski definition) is 4. The lowest BCUT2D eigenvalue weighted by molar-refractivity contribution is -0.136. The highest BCUT2D eigenvalue weighted by Crippen LogP contribution is 2.34. The van der Waals surface area contributed by atoms with Crippen molar-refractivity contribution in [2.75, 3.05) is 12.3 Å². The number of amides is 1. The number of thiophene rings is 1. The first-order chi connectivity index (χ1) is 17.4. The fourth-order valence-electron chi connectivity index (χ4n) is 4.31. The van der Waals surface area contributed by atoms with Gasteiger partial charge in [-0.3, -0.25) is 9.59 Å². The van der Waals surface area contributed by atoms with Crippen molar-refractivity contribution in [3.8, 4) is 11.1 Å². The highest BCUT2D eigenvalue weighted by Gasteiger charge is 2.15. The van der Waals surface area contributed by atoms with Gasteiger partial charge in [-0.2, -0.15) is 0 Å². The van der Waals surface area contributed by atoms with E-state index in [-0.39, 0.29) is 24.3 Å². The molecule has 2 aromatic carbocycles. The van der Waals surface area contributed by atoms with Gasteiger partial charge in [0.15, 0.2) is 0 Å². The molecule has 1 aromatic heterocycles. The standard InChI is InChI=1S/C31H39NO3S2/c1-20(7-12-25-13-14-27(37-25)30(35)32-16-15-28(33)34)19-36-26-17-21(2)29(22(3)18-26)23-8-10-24(11-9-23)31(4,5)6/h8-11,13-14,17-18,20H,7,12,15-16,19H2,1-6H3,(H,32,35)(H,33,34). The number of aliphatic carboxylic acids is 1. The van der Waals surface area contributed by atoms with Crippen molar-refractivity contribution < 1.29 is 14.7 Å². The smallest absolute Gasteiger partial charge is 0.305 e. The van der Waals surface area contributed by atoms with Crippen LogP contribution >= 0.6 is 23.1 Å². The third-order valence-electron chi connectivity index (χ3n) is 6.47. The second-order valence-corrected chi connectivity index (χ2v) is 13.1. The molecule has 0 aliphatic heterocycles. The SMILES string of the molecule is Cc1cc(SCC(C)CCc2ccc(C(=O)NCCC(=O)O)s2)cc(C)c1-c1ccc(C(C)(C)C)cc1. The molecule has 0 aliphatic rings. The fourth-order valence-corrected chi connectivity index (χ4v) is 6.42. The monoisotopic (exact) mass is 537 g/mol. The first kappa shape index (κ1) is 29.0. The highest BCUT2D eigenvalue weighted by molar-refractivity contribution is 7.99. The van der Waals surface area contributed by atoms with E-state index in [9.17, 15) is 9.59 Å². The van der Waals surface area contributed by atoms with Gasteiger partial charge in [0.25, 0.3) is 5.91 Å². The number of nitrogens with one attached hydrogen (secondary N) is 1. The Morgan fingerprint density at radius 2 is 1.68 bits per heavy atom. The van der Waals surface area contributed by atoms with Crippen LogP contribution in [0.3, 0.4) is 0 Å². The molecule has 1 unspecified atom stereocenters. The Labute approximate surface area is 229 Å². The van der Waals surface area contributed by atoms with E-state index in [4.69, 9.17) is 5.11 Å². The van der Waals surface area contributed by atoms with Gasteiger partial charge < -0.3 is 10.4 Å². The quantitative estimate of drug-likeness (QED) is 0.244. The van der Waals surface area contributed by atoms with Crippen molar-refractivity contribution in [1.29, 1.82) is 0 Å². The number of carbonyl (C=O) groups excluding carboxylic acids is 1. The van der Waals surface area contributed by atoms with Gasteiger partial charge in [0.05, 0.1) is 11.3 Å². The number of aryl methyl sites for hydroxylation is 3. The molecule has 37 heavy (non-hydrogen) atoms. The second kappa shape index (κ2) is 12.8. The molecule has 6 heteroatoms. The maximum Gasteiger partial charge on any atom is 0.305 e. The van der Waals surface area contributed by atoms with Crippen LogP contribution in [0, 0.1) is 19.8 Å². The zero-order valence-corrected chi connectivity index (χ0v) is 24.4. The lowest BCUT2D eigenvalue weighted by Crippen LogP contribution is -2.25. The van der Waals surface area contributed by atoms with Crippen molar-refractivity contribution >= 4 is 35.0 Å². The number of rotatable bonds is 11. The third kappa shape index (κ3) is 8.47. The Balaban J connectivity index is 1.52. The summed E-state index contributed by atoms with van der Waals surface area (Å²) < 4.78 is 0. The molecular weight excluding hydrogens is 498 g/mol. The summed E-state index contributed by atoms with van der Waals surface area (Å²) in [5.41, 5.74) is 6.74. The Morgan fingerprint density at radius 3 is 2.27 bits per heavy atom. The number of thioether (sulfide) groups is 1. The Kier molecular flexibility index (Phi) is 10.0. The Bertz CT molecular complexity index is 1200. The van der Waals surface area contributed by atoms with E-state index in [1.165, 1.54) is 48.9 Å². The van der Waals surface area contributed by atoms with E-state index in [1.54, 1.807) is 0 Å². The van der Waals surface area contributed by atoms with Crippen molar-refractivity contribution in [2.24, 2.45) is 5.92 Å². The second-order valence-electron chi connectivity index (χ2n) is 10.9. The molecule has 0 bridgehead atoms. The molecule has 1 atom stereocenters. The summed E-state index contributed by atoms with van der Waals surface area (Å²) >= 11 is 3.41. The molecule has 3 rings (SSSR count). The number of benzene rings is 2. The van der Waals surface area contributed by atoms with Crippen molar-refractivity contribution in [3.05, 3.63) is 75.0 Å². The largest absolute Gasteiger partial charge is 0.481 e. The van der Waals surface area contributed by atoms with Crippen molar-refractivity contribution in [2.45, 2.75) is 71.1 Å². The molecule has 2 N–H and O–H groups in total. The summed E-state index contributed by atoms with van der Waals surface area (Å²) in [4.78, 5) is 25.9. The highest BCUT2D eigenvalue weighted by atomic mass is 32.2. The number of carbonyl (C=O) groups is 2. The van der Waals surface area contributed by atoms with Crippen molar-refractivity contribution in [1.82, 2.24) is 5.32 Å². The summed E-state index contributed by atoms with van der Waals surface area (Å²) in [5, 5.41) is 11.4. The van der Waals surface area contributed by atoms with Gasteiger partial charge in [0, 0.05) is 22.1 Å². The number of carboxylic acids is 1. The molecule has 0 saturated heterocycles. The van der Waals surface area contributed by atoms with Crippen LogP contribution < -0.4 is 5.32 Å². The molecule has 0 saturated carbocycles. The van der Waals surface area contributed by atoms with Crippen LogP contribution in [-0.4, -0.2) is 29.3 Å². The van der Waals surface area contributed by atoms with Gasteiger partial charge in [0.2, 0.25) is 0 Å². The molecule has 0 spiro atoms. The van der Waals surface area contributed by atoms with Gasteiger partial charge in [-0.25, -0.2) is 0 Å². The average molecular weight is 538 g/mol. The van der Waals surface area contributed by atoms with E-state index in [0.717, 1.165) is 18.6 Å². The minimum atomic E-state index is -0.911. The summed E-state index contributed by atoms with van der Waals surface area (Å²) in [6.45, 7) is 13.6. The molecule has 3 aromatic rings. The predicted octanol–water partition coefficient (Wildman–Crippen LogP) is 7.89. The lowest BCUT2D eigenvalue weighted by Gasteiger charge is -2.20. The molecule has 0 fully saturated rings. The summed E-state index contributed by atoms with van der Waals surface area (Å²) in [6, 6.07) is 17.5. The fraction of sp³-hybridized carbons (Fsp3) is 0.419. The van der Waals surface area contributed by atoms with Gasteiger partial charge in [-0.05, 0) is 90.1 Å². The summed E-state index contributed by atoms with van der Waals surface area (Å²) in [6.07, 6.45) is 1.94. The topological polar surface area (TPSA) is 66.4 Å². The minimum Gasteiger partial charge on any atom is -0.481 e. The molecule has 0 aliphatic carbocycles.